The number of methoxy groups -OCH3 is 1. The van der Waals surface area contributed by atoms with Crippen molar-refractivity contribution in [2.45, 2.75) is 6.54 Å². The Labute approximate surface area is 118 Å². The maximum atomic E-state index is 12.3. The largest absolute Gasteiger partial charge is 0.479 e. The Morgan fingerprint density at radius 2 is 2.05 bits per heavy atom. The van der Waals surface area contributed by atoms with Gasteiger partial charge in [0.15, 0.2) is 16.9 Å². The van der Waals surface area contributed by atoms with E-state index in [4.69, 9.17) is 9.26 Å². The van der Waals surface area contributed by atoms with Gasteiger partial charge in [0.05, 0.1) is 20.0 Å². The van der Waals surface area contributed by atoms with Crippen molar-refractivity contribution in [3.63, 3.8) is 0 Å². The summed E-state index contributed by atoms with van der Waals surface area (Å²) in [6, 6.07) is 1.62. The van der Waals surface area contributed by atoms with Crippen molar-refractivity contribution in [2.75, 3.05) is 7.11 Å². The molecular formula is C12H13N5O4. The van der Waals surface area contributed by atoms with Crippen LogP contribution >= 0.6 is 0 Å². The van der Waals surface area contributed by atoms with Crippen LogP contribution < -0.4 is 16.0 Å². The average Bonchev–Trinajstić information content (AvgIpc) is 3.10. The summed E-state index contributed by atoms with van der Waals surface area (Å²) in [6.45, 7) is 0.264. The lowest BCUT2D eigenvalue weighted by Gasteiger charge is -2.04. The van der Waals surface area contributed by atoms with Gasteiger partial charge in [-0.25, -0.2) is 9.78 Å². The number of nitrogens with zero attached hydrogens (tertiary/aromatic N) is 5. The molecule has 21 heavy (non-hydrogen) atoms. The third-order valence-corrected chi connectivity index (χ3v) is 3.29. The molecule has 0 unspecified atom stereocenters. The van der Waals surface area contributed by atoms with E-state index in [1.165, 1.54) is 25.1 Å². The maximum absolute atomic E-state index is 12.3. The van der Waals surface area contributed by atoms with E-state index >= 15 is 0 Å². The highest BCUT2D eigenvalue weighted by atomic mass is 16.5. The molecule has 0 spiro atoms. The molecule has 0 aliphatic carbocycles. The standard InChI is InChI=1S/C12H13N5O4/c1-15-10-9(11(18)16(2)12(15)19)17(6-13-10)5-7-4-8(20-3)14-21-7/h4,6H,5H2,1-3H3. The number of ether oxygens (including phenoxy) is 1. The average molecular weight is 291 g/mol. The predicted octanol–water partition coefficient (Wildman–Crippen LogP) is -0.521. The van der Waals surface area contributed by atoms with Crippen molar-refractivity contribution in [1.82, 2.24) is 23.8 Å². The molecule has 0 aliphatic rings. The van der Waals surface area contributed by atoms with Crippen LogP contribution in [-0.2, 0) is 20.6 Å². The molecule has 0 atom stereocenters. The first kappa shape index (κ1) is 13.2. The van der Waals surface area contributed by atoms with Gasteiger partial charge in [0.2, 0.25) is 0 Å². The van der Waals surface area contributed by atoms with Gasteiger partial charge in [-0.2, -0.15) is 0 Å². The van der Waals surface area contributed by atoms with Gasteiger partial charge in [-0.1, -0.05) is 0 Å². The molecule has 0 N–H and O–H groups in total. The van der Waals surface area contributed by atoms with Crippen LogP contribution in [0.5, 0.6) is 5.88 Å². The number of hydrogen-bond donors (Lipinski definition) is 0. The monoisotopic (exact) mass is 291 g/mol. The first-order valence-electron chi connectivity index (χ1n) is 6.13. The van der Waals surface area contributed by atoms with E-state index in [1.807, 2.05) is 0 Å². The number of rotatable bonds is 3. The topological polar surface area (TPSA) is 97.1 Å². The zero-order valence-electron chi connectivity index (χ0n) is 11.7. The first-order chi connectivity index (χ1) is 10.0. The minimum Gasteiger partial charge on any atom is -0.479 e. The summed E-state index contributed by atoms with van der Waals surface area (Å²) in [5.74, 6) is 0.872. The fourth-order valence-electron chi connectivity index (χ4n) is 2.15. The van der Waals surface area contributed by atoms with Gasteiger partial charge in [-0.15, -0.1) is 0 Å². The Hall–Kier alpha value is -2.84. The van der Waals surface area contributed by atoms with Crippen LogP contribution in [0.1, 0.15) is 5.76 Å². The number of imidazole rings is 1. The molecule has 3 aromatic heterocycles. The summed E-state index contributed by atoms with van der Waals surface area (Å²) in [7, 11) is 4.48. The molecule has 0 aliphatic heterocycles. The molecule has 0 aromatic carbocycles. The van der Waals surface area contributed by atoms with Crippen LogP contribution in [0.25, 0.3) is 11.2 Å². The van der Waals surface area contributed by atoms with E-state index in [0.29, 0.717) is 22.8 Å². The van der Waals surface area contributed by atoms with E-state index < -0.39 is 11.2 Å². The van der Waals surface area contributed by atoms with E-state index in [-0.39, 0.29) is 6.54 Å². The third-order valence-electron chi connectivity index (χ3n) is 3.29. The van der Waals surface area contributed by atoms with Crippen molar-refractivity contribution < 1.29 is 9.26 Å². The third kappa shape index (κ3) is 1.93. The normalized spacial score (nSPS) is 11.2. The van der Waals surface area contributed by atoms with Crippen LogP contribution in [0.4, 0.5) is 0 Å². The first-order valence-corrected chi connectivity index (χ1v) is 6.13. The van der Waals surface area contributed by atoms with Crippen molar-refractivity contribution in [3.8, 4) is 5.88 Å². The molecule has 0 fully saturated rings. The molecule has 0 radical (unpaired) electrons. The van der Waals surface area contributed by atoms with Crippen molar-refractivity contribution in [2.24, 2.45) is 14.1 Å². The van der Waals surface area contributed by atoms with Crippen LogP contribution in [0.15, 0.2) is 26.5 Å². The Morgan fingerprint density at radius 1 is 1.29 bits per heavy atom. The summed E-state index contributed by atoms with van der Waals surface area (Å²) in [5, 5.41) is 3.70. The van der Waals surface area contributed by atoms with Crippen molar-refractivity contribution in [1.29, 1.82) is 0 Å². The van der Waals surface area contributed by atoms with Crippen LogP contribution in [0.3, 0.4) is 0 Å². The molecule has 0 amide bonds. The number of aryl methyl sites for hydroxylation is 1. The van der Waals surface area contributed by atoms with E-state index in [1.54, 1.807) is 17.7 Å². The number of fused-ring (bicyclic) bond motifs is 1. The van der Waals surface area contributed by atoms with Crippen LogP contribution in [-0.4, -0.2) is 31.0 Å². The molecule has 110 valence electrons. The van der Waals surface area contributed by atoms with Gasteiger partial charge < -0.3 is 13.8 Å². The fourth-order valence-corrected chi connectivity index (χ4v) is 2.15. The molecule has 3 aromatic rings. The molecule has 0 saturated heterocycles. The summed E-state index contributed by atoms with van der Waals surface area (Å²) >= 11 is 0. The minimum atomic E-state index is -0.418. The zero-order chi connectivity index (χ0) is 15.1. The number of hydrogen-bond acceptors (Lipinski definition) is 6. The molecule has 3 heterocycles. The van der Waals surface area contributed by atoms with Crippen molar-refractivity contribution in [3.05, 3.63) is 39.0 Å². The van der Waals surface area contributed by atoms with E-state index in [0.717, 1.165) is 4.57 Å². The zero-order valence-corrected chi connectivity index (χ0v) is 11.7. The molecule has 9 heteroatoms. The van der Waals surface area contributed by atoms with Gasteiger partial charge in [0.1, 0.15) is 0 Å². The second kappa shape index (κ2) is 4.62. The quantitative estimate of drug-likeness (QED) is 0.644. The highest BCUT2D eigenvalue weighted by molar-refractivity contribution is 5.70. The lowest BCUT2D eigenvalue weighted by Crippen LogP contribution is -2.37. The minimum absolute atomic E-state index is 0.264. The van der Waals surface area contributed by atoms with Gasteiger partial charge in [0.25, 0.3) is 11.4 Å². The molecule has 0 saturated carbocycles. The lowest BCUT2D eigenvalue weighted by molar-refractivity contribution is 0.324. The summed E-state index contributed by atoms with van der Waals surface area (Å²) in [4.78, 5) is 28.2. The van der Waals surface area contributed by atoms with Gasteiger partial charge in [0, 0.05) is 20.2 Å². The SMILES string of the molecule is COc1cc(Cn2cnc3c2c(=O)n(C)c(=O)n3C)on1. The van der Waals surface area contributed by atoms with E-state index in [9.17, 15) is 9.59 Å². The van der Waals surface area contributed by atoms with Crippen LogP contribution in [0.2, 0.25) is 0 Å². The summed E-state index contributed by atoms with van der Waals surface area (Å²) in [5.41, 5.74) is -0.166. The fraction of sp³-hybridized carbons (Fsp3) is 0.333. The Bertz CT molecular complexity index is 929. The lowest BCUT2D eigenvalue weighted by atomic mass is 10.4. The molecule has 9 nitrogen and oxygen atoms in total. The highest BCUT2D eigenvalue weighted by Gasteiger charge is 2.15. The second-order valence-corrected chi connectivity index (χ2v) is 4.59. The smallest absolute Gasteiger partial charge is 0.332 e. The number of aromatic nitrogens is 5. The molecule has 0 bridgehead atoms. The Kier molecular flexibility index (Phi) is 2.89. The maximum Gasteiger partial charge on any atom is 0.332 e. The van der Waals surface area contributed by atoms with Crippen LogP contribution in [0, 0.1) is 0 Å². The summed E-state index contributed by atoms with van der Waals surface area (Å²) < 4.78 is 14.0. The Morgan fingerprint density at radius 3 is 2.71 bits per heavy atom. The van der Waals surface area contributed by atoms with Gasteiger partial charge in [-0.05, 0) is 5.16 Å². The summed E-state index contributed by atoms with van der Waals surface area (Å²) in [6.07, 6.45) is 1.49. The second-order valence-electron chi connectivity index (χ2n) is 4.59. The highest BCUT2D eigenvalue weighted by Crippen LogP contribution is 2.14. The molecule has 3 rings (SSSR count). The van der Waals surface area contributed by atoms with Gasteiger partial charge >= 0.3 is 5.69 Å². The van der Waals surface area contributed by atoms with Gasteiger partial charge in [-0.3, -0.25) is 13.9 Å². The predicted molar refractivity (Wildman–Crippen MR) is 72.4 cm³/mol. The Balaban J connectivity index is 2.16. The van der Waals surface area contributed by atoms with Crippen molar-refractivity contribution >= 4 is 11.2 Å². The molecular weight excluding hydrogens is 278 g/mol. The van der Waals surface area contributed by atoms with E-state index in [2.05, 4.69) is 10.1 Å².